The molecule has 1 atom stereocenters. The fourth-order valence-electron chi connectivity index (χ4n) is 1.68. The van der Waals surface area contributed by atoms with Crippen LogP contribution in [0.3, 0.4) is 0 Å². The molecule has 0 fully saturated rings. The third kappa shape index (κ3) is 5.06. The van der Waals surface area contributed by atoms with Crippen molar-refractivity contribution < 1.29 is 27.5 Å². The van der Waals surface area contributed by atoms with Gasteiger partial charge in [0.05, 0.1) is 6.20 Å². The van der Waals surface area contributed by atoms with Gasteiger partial charge < -0.3 is 10.8 Å². The van der Waals surface area contributed by atoms with E-state index in [9.17, 15) is 17.6 Å². The van der Waals surface area contributed by atoms with E-state index in [1.165, 1.54) is 10.9 Å². The van der Waals surface area contributed by atoms with Crippen LogP contribution in [0.5, 0.6) is 0 Å². The van der Waals surface area contributed by atoms with Crippen LogP contribution in [0.1, 0.15) is 18.5 Å². The number of benzene rings is 1. The van der Waals surface area contributed by atoms with E-state index in [1.807, 2.05) is 31.2 Å². The number of aromatic nitrogens is 2. The van der Waals surface area contributed by atoms with Crippen LogP contribution in [0.15, 0.2) is 30.5 Å². The van der Waals surface area contributed by atoms with E-state index in [4.69, 9.17) is 15.6 Å². The molecule has 1 heterocycles. The fraction of sp³-hybridized carbons (Fsp3) is 0.286. The summed E-state index contributed by atoms with van der Waals surface area (Å²) >= 11 is 0. The molecule has 0 spiro atoms. The van der Waals surface area contributed by atoms with Crippen molar-refractivity contribution in [3.63, 3.8) is 0 Å². The third-order valence-electron chi connectivity index (χ3n) is 2.85. The summed E-state index contributed by atoms with van der Waals surface area (Å²) in [5.74, 6) is -3.07. The highest BCUT2D eigenvalue weighted by atomic mass is 19.4. The first kappa shape index (κ1) is 18.6. The normalized spacial score (nSPS) is 12.3. The molecular formula is C14H15F4N3O2. The predicted molar refractivity (Wildman–Crippen MR) is 74.9 cm³/mol. The zero-order chi connectivity index (χ0) is 17.8. The van der Waals surface area contributed by atoms with Gasteiger partial charge in [0.2, 0.25) is 0 Å². The molecule has 0 aliphatic carbocycles. The number of nitrogens with zero attached hydrogens (tertiary/aromatic N) is 2. The Labute approximate surface area is 129 Å². The second kappa shape index (κ2) is 7.23. The highest BCUT2D eigenvalue weighted by molar-refractivity contribution is 5.73. The Hall–Kier alpha value is -2.42. The van der Waals surface area contributed by atoms with Gasteiger partial charge in [0, 0.05) is 18.7 Å². The first-order valence-electron chi connectivity index (χ1n) is 6.37. The van der Waals surface area contributed by atoms with Crippen molar-refractivity contribution in [2.45, 2.75) is 19.1 Å². The Morgan fingerprint density at radius 3 is 2.09 bits per heavy atom. The van der Waals surface area contributed by atoms with Crippen LogP contribution in [-0.4, -0.2) is 27.0 Å². The van der Waals surface area contributed by atoms with Gasteiger partial charge in [-0.05, 0) is 12.5 Å². The Kier molecular flexibility index (Phi) is 5.85. The first-order valence-corrected chi connectivity index (χ1v) is 6.37. The Bertz CT molecular complexity index is 644. The summed E-state index contributed by atoms with van der Waals surface area (Å²) in [4.78, 5) is 8.90. The molecule has 2 aromatic rings. The number of aryl methyl sites for hydroxylation is 1. The van der Waals surface area contributed by atoms with Gasteiger partial charge in [0.25, 0.3) is 0 Å². The molecule has 0 aliphatic heterocycles. The molecule has 1 aromatic carbocycles. The van der Waals surface area contributed by atoms with E-state index in [1.54, 1.807) is 7.05 Å². The van der Waals surface area contributed by atoms with Crippen LogP contribution in [-0.2, 0) is 11.8 Å². The lowest BCUT2D eigenvalue weighted by Crippen LogP contribution is -2.21. The molecule has 0 saturated heterocycles. The molecule has 0 aliphatic rings. The number of carbonyl (C=O) groups is 1. The van der Waals surface area contributed by atoms with Crippen molar-refractivity contribution in [3.8, 4) is 11.3 Å². The number of carboxylic acids is 1. The van der Waals surface area contributed by atoms with Crippen molar-refractivity contribution in [1.29, 1.82) is 0 Å². The first-order chi connectivity index (χ1) is 10.5. The zero-order valence-corrected chi connectivity index (χ0v) is 12.3. The summed E-state index contributed by atoms with van der Waals surface area (Å²) in [6.45, 7) is 1.92. The minimum absolute atomic E-state index is 0.00886. The number of hydrogen-bond acceptors (Lipinski definition) is 3. The minimum atomic E-state index is -5.08. The van der Waals surface area contributed by atoms with Crippen LogP contribution in [0.2, 0.25) is 0 Å². The van der Waals surface area contributed by atoms with Crippen LogP contribution in [0, 0.1) is 5.82 Å². The Morgan fingerprint density at radius 2 is 1.78 bits per heavy atom. The minimum Gasteiger partial charge on any atom is -0.475 e. The lowest BCUT2D eigenvalue weighted by molar-refractivity contribution is -0.192. The Balaban J connectivity index is 0.000000322. The van der Waals surface area contributed by atoms with Crippen molar-refractivity contribution in [3.05, 3.63) is 41.8 Å². The molecule has 0 bridgehead atoms. The maximum absolute atomic E-state index is 13.4. The van der Waals surface area contributed by atoms with Crippen LogP contribution in [0.25, 0.3) is 11.3 Å². The number of rotatable bonds is 2. The molecule has 9 heteroatoms. The molecular weight excluding hydrogens is 318 g/mol. The molecule has 1 aromatic heterocycles. The lowest BCUT2D eigenvalue weighted by atomic mass is 10.1. The zero-order valence-electron chi connectivity index (χ0n) is 12.3. The highest BCUT2D eigenvalue weighted by Crippen LogP contribution is 2.23. The van der Waals surface area contributed by atoms with E-state index < -0.39 is 12.1 Å². The number of alkyl halides is 3. The summed E-state index contributed by atoms with van der Waals surface area (Å²) in [5.41, 5.74) is 8.09. The second-order valence-corrected chi connectivity index (χ2v) is 4.68. The lowest BCUT2D eigenvalue weighted by Gasteiger charge is -2.07. The summed E-state index contributed by atoms with van der Waals surface area (Å²) in [6.07, 6.45) is -3.87. The summed E-state index contributed by atoms with van der Waals surface area (Å²) < 4.78 is 46.7. The Morgan fingerprint density at radius 1 is 1.30 bits per heavy atom. The predicted octanol–water partition coefficient (Wildman–Crippen LogP) is 2.88. The quantitative estimate of drug-likeness (QED) is 0.828. The van der Waals surface area contributed by atoms with Gasteiger partial charge in [-0.3, -0.25) is 4.68 Å². The number of hydrogen-bond donors (Lipinski definition) is 2. The average molecular weight is 333 g/mol. The van der Waals surface area contributed by atoms with Crippen molar-refractivity contribution in [2.75, 3.05) is 0 Å². The van der Waals surface area contributed by atoms with Gasteiger partial charge in [-0.15, -0.1) is 0 Å². The van der Waals surface area contributed by atoms with Crippen LogP contribution in [0.4, 0.5) is 17.6 Å². The number of halogens is 4. The number of carboxylic acid groups (broad SMARTS) is 1. The molecule has 126 valence electrons. The van der Waals surface area contributed by atoms with E-state index in [0.29, 0.717) is 5.69 Å². The largest absolute Gasteiger partial charge is 0.490 e. The van der Waals surface area contributed by atoms with Gasteiger partial charge in [-0.2, -0.15) is 18.3 Å². The molecule has 0 unspecified atom stereocenters. The van der Waals surface area contributed by atoms with Crippen LogP contribution < -0.4 is 5.73 Å². The molecule has 3 N–H and O–H groups in total. The number of aliphatic carboxylic acids is 1. The molecule has 0 amide bonds. The molecule has 0 radical (unpaired) electrons. The second-order valence-electron chi connectivity index (χ2n) is 4.68. The van der Waals surface area contributed by atoms with Gasteiger partial charge in [0.1, 0.15) is 5.69 Å². The summed E-state index contributed by atoms with van der Waals surface area (Å²) in [5, 5.41) is 11.0. The molecule has 5 nitrogen and oxygen atoms in total. The summed E-state index contributed by atoms with van der Waals surface area (Å²) in [7, 11) is 1.72. The topological polar surface area (TPSA) is 81.1 Å². The van der Waals surface area contributed by atoms with E-state index >= 15 is 0 Å². The van der Waals surface area contributed by atoms with Gasteiger partial charge in [0.15, 0.2) is 5.82 Å². The van der Waals surface area contributed by atoms with Gasteiger partial charge in [-0.1, -0.05) is 24.3 Å². The van der Waals surface area contributed by atoms with Crippen molar-refractivity contribution >= 4 is 5.97 Å². The SMILES string of the molecule is C[C@H](N)c1ccc(-c2c(F)cnn2C)cc1.O=C(O)C(F)(F)F. The van der Waals surface area contributed by atoms with Gasteiger partial charge >= 0.3 is 12.1 Å². The molecule has 23 heavy (non-hydrogen) atoms. The molecule has 0 saturated carbocycles. The average Bonchev–Trinajstić information content (AvgIpc) is 2.78. The van der Waals surface area contributed by atoms with E-state index in [0.717, 1.165) is 11.1 Å². The van der Waals surface area contributed by atoms with Gasteiger partial charge in [-0.25, -0.2) is 9.18 Å². The smallest absolute Gasteiger partial charge is 0.475 e. The highest BCUT2D eigenvalue weighted by Gasteiger charge is 2.38. The fourth-order valence-corrected chi connectivity index (χ4v) is 1.68. The maximum Gasteiger partial charge on any atom is 0.490 e. The standard InChI is InChI=1S/C12H14FN3.C2HF3O2/c1-8(14)9-3-5-10(6-4-9)12-11(13)7-15-16(12)2;3-2(4,5)1(6)7/h3-8H,14H2,1-2H3;(H,6,7)/t8-;/m0./s1. The summed E-state index contributed by atoms with van der Waals surface area (Å²) in [6, 6.07) is 7.53. The van der Waals surface area contributed by atoms with Crippen LogP contribution >= 0.6 is 0 Å². The maximum atomic E-state index is 13.4. The monoisotopic (exact) mass is 333 g/mol. The van der Waals surface area contributed by atoms with Crippen molar-refractivity contribution in [2.24, 2.45) is 12.8 Å². The third-order valence-corrected chi connectivity index (χ3v) is 2.85. The van der Waals surface area contributed by atoms with E-state index in [2.05, 4.69) is 5.10 Å². The number of nitrogens with two attached hydrogens (primary N) is 1. The van der Waals surface area contributed by atoms with Crippen molar-refractivity contribution in [1.82, 2.24) is 9.78 Å². The van der Waals surface area contributed by atoms with E-state index in [-0.39, 0.29) is 11.9 Å². The molecule has 2 rings (SSSR count).